The van der Waals surface area contributed by atoms with Gasteiger partial charge in [-0.3, -0.25) is 4.79 Å². The molecule has 0 fully saturated rings. The fourth-order valence-electron chi connectivity index (χ4n) is 2.79. The number of benzene rings is 1. The molecular formula is C17H22ClN3O3. The number of hydrogen-bond donors (Lipinski definition) is 1. The molecule has 2 aromatic rings. The third-order valence-electron chi connectivity index (χ3n) is 3.99. The van der Waals surface area contributed by atoms with Gasteiger partial charge in [0.1, 0.15) is 5.82 Å². The fraction of sp³-hybridized carbons (Fsp3) is 0.412. The molecule has 1 aromatic heterocycles. The average molecular weight is 352 g/mol. The monoisotopic (exact) mass is 351 g/mol. The molecule has 2 N–H and O–H groups in total. The molecule has 0 unspecified atom stereocenters. The van der Waals surface area contributed by atoms with E-state index in [0.717, 1.165) is 4.68 Å². The fourth-order valence-corrected chi connectivity index (χ4v) is 3.02. The SMILES string of the molecule is CCOC(=O)n1c(N)c(-c2ccccc2Cl)c(=O)n1C(CC)CC. The van der Waals surface area contributed by atoms with Gasteiger partial charge in [0.05, 0.1) is 18.2 Å². The minimum Gasteiger partial charge on any atom is -0.448 e. The summed E-state index contributed by atoms with van der Waals surface area (Å²) >= 11 is 6.22. The van der Waals surface area contributed by atoms with Crippen LogP contribution in [0.25, 0.3) is 11.1 Å². The Morgan fingerprint density at radius 3 is 2.42 bits per heavy atom. The highest BCUT2D eigenvalue weighted by Gasteiger charge is 2.28. The van der Waals surface area contributed by atoms with Gasteiger partial charge in [0.25, 0.3) is 5.56 Å². The first-order chi connectivity index (χ1) is 11.5. The van der Waals surface area contributed by atoms with Crippen LogP contribution in [0.3, 0.4) is 0 Å². The second-order valence-electron chi connectivity index (χ2n) is 5.37. The zero-order chi connectivity index (χ0) is 17.9. The molecule has 0 saturated heterocycles. The minimum absolute atomic E-state index is 0.0402. The van der Waals surface area contributed by atoms with Gasteiger partial charge >= 0.3 is 6.09 Å². The summed E-state index contributed by atoms with van der Waals surface area (Å²) in [6, 6.07) is 6.76. The lowest BCUT2D eigenvalue weighted by Gasteiger charge is -2.18. The number of nitrogens with two attached hydrogens (primary N) is 1. The van der Waals surface area contributed by atoms with Crippen LogP contribution in [-0.4, -0.2) is 22.1 Å². The summed E-state index contributed by atoms with van der Waals surface area (Å²) in [5.74, 6) is 0.0402. The molecule has 0 radical (unpaired) electrons. The summed E-state index contributed by atoms with van der Waals surface area (Å²) in [6.45, 7) is 5.80. The number of hydrogen-bond acceptors (Lipinski definition) is 4. The quantitative estimate of drug-likeness (QED) is 0.885. The van der Waals surface area contributed by atoms with Crippen molar-refractivity contribution < 1.29 is 9.53 Å². The highest BCUT2D eigenvalue weighted by molar-refractivity contribution is 6.33. The number of carbonyl (C=O) groups excluding carboxylic acids is 1. The summed E-state index contributed by atoms with van der Waals surface area (Å²) in [6.07, 6.45) is 0.694. The molecule has 0 aliphatic rings. The van der Waals surface area contributed by atoms with Crippen molar-refractivity contribution in [3.63, 3.8) is 0 Å². The molecule has 130 valence electrons. The Morgan fingerprint density at radius 2 is 1.88 bits per heavy atom. The van der Waals surface area contributed by atoms with Crippen molar-refractivity contribution in [2.45, 2.75) is 39.7 Å². The largest absolute Gasteiger partial charge is 0.448 e. The van der Waals surface area contributed by atoms with Crippen LogP contribution in [0.5, 0.6) is 0 Å². The lowest BCUT2D eigenvalue weighted by Crippen LogP contribution is -2.32. The van der Waals surface area contributed by atoms with E-state index in [1.165, 1.54) is 4.68 Å². The summed E-state index contributed by atoms with van der Waals surface area (Å²) in [5.41, 5.74) is 6.55. The van der Waals surface area contributed by atoms with Crippen LogP contribution in [0.1, 0.15) is 39.7 Å². The highest BCUT2D eigenvalue weighted by atomic mass is 35.5. The van der Waals surface area contributed by atoms with Crippen LogP contribution in [0.4, 0.5) is 10.6 Å². The van der Waals surface area contributed by atoms with Gasteiger partial charge in [0.2, 0.25) is 0 Å². The normalized spacial score (nSPS) is 11.0. The number of rotatable bonds is 5. The van der Waals surface area contributed by atoms with Crippen molar-refractivity contribution in [1.29, 1.82) is 0 Å². The van der Waals surface area contributed by atoms with Crippen molar-refractivity contribution in [3.8, 4) is 11.1 Å². The van der Waals surface area contributed by atoms with Crippen molar-refractivity contribution in [3.05, 3.63) is 39.6 Å². The van der Waals surface area contributed by atoms with Crippen LogP contribution in [0.2, 0.25) is 5.02 Å². The van der Waals surface area contributed by atoms with Gasteiger partial charge in [0.15, 0.2) is 0 Å². The lowest BCUT2D eigenvalue weighted by atomic mass is 10.1. The topological polar surface area (TPSA) is 79.2 Å². The van der Waals surface area contributed by atoms with E-state index < -0.39 is 6.09 Å². The van der Waals surface area contributed by atoms with Crippen molar-refractivity contribution in [2.75, 3.05) is 12.3 Å². The number of ether oxygens (including phenoxy) is 1. The molecule has 0 spiro atoms. The first kappa shape index (κ1) is 18.1. The van der Waals surface area contributed by atoms with Gasteiger partial charge in [-0.05, 0) is 25.8 Å². The van der Waals surface area contributed by atoms with Gasteiger partial charge < -0.3 is 10.5 Å². The van der Waals surface area contributed by atoms with E-state index in [4.69, 9.17) is 22.1 Å². The van der Waals surface area contributed by atoms with E-state index in [2.05, 4.69) is 0 Å². The van der Waals surface area contributed by atoms with Crippen LogP contribution in [0.15, 0.2) is 29.1 Å². The predicted octanol–water partition coefficient (Wildman–Crippen LogP) is 3.92. The van der Waals surface area contributed by atoms with Gasteiger partial charge in [-0.2, -0.15) is 4.68 Å². The maximum absolute atomic E-state index is 13.0. The molecule has 2 rings (SSSR count). The molecule has 1 aromatic carbocycles. The van der Waals surface area contributed by atoms with Crippen LogP contribution in [-0.2, 0) is 4.74 Å². The van der Waals surface area contributed by atoms with E-state index in [1.807, 2.05) is 13.8 Å². The molecule has 0 bridgehead atoms. The minimum atomic E-state index is -0.669. The van der Waals surface area contributed by atoms with Crippen LogP contribution >= 0.6 is 11.6 Å². The van der Waals surface area contributed by atoms with Crippen LogP contribution < -0.4 is 11.3 Å². The average Bonchev–Trinajstić information content (AvgIpc) is 2.81. The maximum Gasteiger partial charge on any atom is 0.435 e. The predicted molar refractivity (Wildman–Crippen MR) is 95.6 cm³/mol. The molecule has 0 aliphatic heterocycles. The standard InChI is InChI=1S/C17H22ClN3O3/c1-4-11(5-2)20-16(22)14(12-9-7-8-10-13(12)18)15(19)21(20)17(23)24-6-3/h7-11H,4-6,19H2,1-3H3. The van der Waals surface area contributed by atoms with Crippen molar-refractivity contribution in [2.24, 2.45) is 0 Å². The third kappa shape index (κ3) is 3.06. The summed E-state index contributed by atoms with van der Waals surface area (Å²) < 4.78 is 7.58. The molecule has 24 heavy (non-hydrogen) atoms. The number of halogens is 1. The highest BCUT2D eigenvalue weighted by Crippen LogP contribution is 2.31. The summed E-state index contributed by atoms with van der Waals surface area (Å²) in [7, 11) is 0. The Morgan fingerprint density at radius 1 is 1.25 bits per heavy atom. The summed E-state index contributed by atoms with van der Waals surface area (Å²) in [5, 5.41) is 0.402. The molecular weight excluding hydrogens is 330 g/mol. The molecule has 0 atom stereocenters. The molecule has 7 heteroatoms. The van der Waals surface area contributed by atoms with E-state index in [1.54, 1.807) is 31.2 Å². The molecule has 1 heterocycles. The van der Waals surface area contributed by atoms with E-state index in [0.29, 0.717) is 23.4 Å². The molecule has 0 amide bonds. The smallest absolute Gasteiger partial charge is 0.435 e. The zero-order valence-corrected chi connectivity index (χ0v) is 14.8. The Labute approximate surface area is 145 Å². The maximum atomic E-state index is 13.0. The Hall–Kier alpha value is -2.21. The Balaban J connectivity index is 2.80. The number of nitrogen functional groups attached to an aromatic ring is 1. The lowest BCUT2D eigenvalue weighted by molar-refractivity contribution is 0.143. The number of nitrogens with zero attached hydrogens (tertiary/aromatic N) is 2. The van der Waals surface area contributed by atoms with Gasteiger partial charge in [-0.1, -0.05) is 43.6 Å². The van der Waals surface area contributed by atoms with Crippen LogP contribution in [0, 0.1) is 0 Å². The number of aromatic nitrogens is 2. The summed E-state index contributed by atoms with van der Waals surface area (Å²) in [4.78, 5) is 25.4. The first-order valence-electron chi connectivity index (χ1n) is 8.02. The van der Waals surface area contributed by atoms with Gasteiger partial charge in [0, 0.05) is 10.6 Å². The second-order valence-corrected chi connectivity index (χ2v) is 5.78. The number of anilines is 1. The Kier molecular flexibility index (Phi) is 5.72. The molecule has 6 nitrogen and oxygen atoms in total. The first-order valence-corrected chi connectivity index (χ1v) is 8.40. The second kappa shape index (κ2) is 7.57. The molecule has 0 saturated carbocycles. The van der Waals surface area contributed by atoms with Crippen molar-refractivity contribution in [1.82, 2.24) is 9.36 Å². The van der Waals surface area contributed by atoms with Crippen molar-refractivity contribution >= 4 is 23.5 Å². The Bertz CT molecular complexity index is 791. The van der Waals surface area contributed by atoms with E-state index in [-0.39, 0.29) is 29.6 Å². The number of carbonyl (C=O) groups is 1. The van der Waals surface area contributed by atoms with Gasteiger partial charge in [-0.15, -0.1) is 0 Å². The van der Waals surface area contributed by atoms with E-state index >= 15 is 0 Å². The van der Waals surface area contributed by atoms with Gasteiger partial charge in [-0.25, -0.2) is 9.48 Å². The van der Waals surface area contributed by atoms with E-state index in [9.17, 15) is 9.59 Å². The molecule has 0 aliphatic carbocycles. The zero-order valence-electron chi connectivity index (χ0n) is 14.1. The third-order valence-corrected chi connectivity index (χ3v) is 4.32.